The van der Waals surface area contributed by atoms with Crippen molar-refractivity contribution in [2.24, 2.45) is 0 Å². The molecule has 5 aromatic rings. The van der Waals surface area contributed by atoms with Crippen molar-refractivity contribution in [3.8, 4) is 11.1 Å². The molecule has 0 aromatic heterocycles. The molecule has 44 heavy (non-hydrogen) atoms. The Morgan fingerprint density at radius 2 is 0.909 bits per heavy atom. The first-order chi connectivity index (χ1) is 21.7. The monoisotopic (exact) mass is 580 g/mol. The van der Waals surface area contributed by atoms with Crippen LogP contribution in [0.2, 0.25) is 0 Å². The lowest BCUT2D eigenvalue weighted by Gasteiger charge is -2.21. The predicted molar refractivity (Wildman–Crippen MR) is 190 cm³/mol. The molecule has 0 radical (unpaired) electrons. The maximum atomic E-state index is 9.50. The Balaban J connectivity index is 0.000000997. The Morgan fingerprint density at radius 3 is 1.30 bits per heavy atom. The summed E-state index contributed by atoms with van der Waals surface area (Å²) < 4.78 is 9.50. The van der Waals surface area contributed by atoms with Gasteiger partial charge < -0.3 is 0 Å². The summed E-state index contributed by atoms with van der Waals surface area (Å²) in [7, 11) is 0.500. The summed E-state index contributed by atoms with van der Waals surface area (Å²) in [5.74, 6) is 0.353. The van der Waals surface area contributed by atoms with E-state index in [2.05, 4.69) is 185 Å². The standard InChI is InChI=1S/C39H34.C3H8.CH3F/c1-3-14-32(15-4-2)38(33-16-8-5-9-17-33)36-26-22-30(23-27-36)31-24-28-37(29-25-31)39(34-18-10-6-11-19-34)35-20-12-7-13-21-35;1-3-2;1-2/h3-29,38-39H,1H2,2H3;3H2,1-2H3;1H3/b15-4-,32-14+;;. The molecule has 0 fully saturated rings. The van der Waals surface area contributed by atoms with Crippen molar-refractivity contribution in [1.29, 1.82) is 0 Å². The molecule has 0 heterocycles. The Morgan fingerprint density at radius 1 is 0.568 bits per heavy atom. The Labute approximate surface area is 265 Å². The number of halogens is 1. The van der Waals surface area contributed by atoms with E-state index in [1.54, 1.807) is 0 Å². The molecule has 0 saturated heterocycles. The van der Waals surface area contributed by atoms with Gasteiger partial charge in [-0.05, 0) is 51.4 Å². The Bertz CT molecular complexity index is 1510. The Hall–Kier alpha value is -4.75. The summed E-state index contributed by atoms with van der Waals surface area (Å²) >= 11 is 0. The van der Waals surface area contributed by atoms with Gasteiger partial charge in [-0.1, -0.05) is 191 Å². The van der Waals surface area contributed by atoms with Crippen LogP contribution in [0.4, 0.5) is 4.39 Å². The Kier molecular flexibility index (Phi) is 14.4. The summed E-state index contributed by atoms with van der Waals surface area (Å²) in [5, 5.41) is 0. The van der Waals surface area contributed by atoms with Crippen LogP contribution in [0, 0.1) is 0 Å². The second kappa shape index (κ2) is 18.7. The molecule has 0 nitrogen and oxygen atoms in total. The zero-order valence-corrected chi connectivity index (χ0v) is 26.5. The lowest BCUT2D eigenvalue weighted by molar-refractivity contribution is 0.636. The molecular formula is C43H45F. The lowest BCUT2D eigenvalue weighted by Crippen LogP contribution is -2.04. The molecule has 224 valence electrons. The van der Waals surface area contributed by atoms with E-state index in [4.69, 9.17) is 0 Å². The normalized spacial score (nSPS) is 11.6. The maximum Gasteiger partial charge on any atom is 0.0785 e. The highest BCUT2D eigenvalue weighted by atomic mass is 19.1. The van der Waals surface area contributed by atoms with Crippen LogP contribution in [0.5, 0.6) is 0 Å². The van der Waals surface area contributed by atoms with Crippen LogP contribution in [0.1, 0.15) is 66.8 Å². The van der Waals surface area contributed by atoms with E-state index in [9.17, 15) is 4.39 Å². The summed E-state index contributed by atoms with van der Waals surface area (Å²) in [5.41, 5.74) is 10.1. The molecule has 0 saturated carbocycles. The molecule has 0 amide bonds. The molecule has 1 heteroatoms. The topological polar surface area (TPSA) is 0 Å². The smallest absolute Gasteiger partial charge is 0.0785 e. The van der Waals surface area contributed by atoms with E-state index in [0.29, 0.717) is 7.18 Å². The van der Waals surface area contributed by atoms with Crippen molar-refractivity contribution in [3.63, 3.8) is 0 Å². The van der Waals surface area contributed by atoms with Crippen LogP contribution in [0.25, 0.3) is 11.1 Å². The van der Waals surface area contributed by atoms with Gasteiger partial charge in [-0.2, -0.15) is 0 Å². The van der Waals surface area contributed by atoms with Gasteiger partial charge in [-0.3, -0.25) is 4.39 Å². The summed E-state index contributed by atoms with van der Waals surface area (Å²) in [6, 6.07) is 50.3. The number of alkyl halides is 1. The maximum absolute atomic E-state index is 9.50. The van der Waals surface area contributed by atoms with Crippen molar-refractivity contribution < 1.29 is 4.39 Å². The van der Waals surface area contributed by atoms with Gasteiger partial charge in [0.1, 0.15) is 0 Å². The zero-order chi connectivity index (χ0) is 31.6. The number of hydrogen-bond acceptors (Lipinski definition) is 0. The van der Waals surface area contributed by atoms with Crippen LogP contribution in [-0.2, 0) is 0 Å². The van der Waals surface area contributed by atoms with Crippen molar-refractivity contribution in [3.05, 3.63) is 204 Å². The molecule has 0 aliphatic heterocycles. The highest BCUT2D eigenvalue weighted by Gasteiger charge is 2.18. The number of hydrogen-bond donors (Lipinski definition) is 0. The summed E-state index contributed by atoms with van der Waals surface area (Å²) in [6.07, 6.45) is 9.51. The van der Waals surface area contributed by atoms with Gasteiger partial charge in [0.2, 0.25) is 0 Å². The van der Waals surface area contributed by atoms with E-state index in [0.717, 1.165) is 0 Å². The summed E-state index contributed by atoms with van der Waals surface area (Å²) in [6.45, 7) is 10.3. The van der Waals surface area contributed by atoms with E-state index < -0.39 is 0 Å². The molecule has 0 spiro atoms. The largest absolute Gasteiger partial charge is 0.255 e. The second-order valence-corrected chi connectivity index (χ2v) is 10.5. The molecule has 0 aliphatic rings. The third-order valence-electron chi connectivity index (χ3n) is 7.22. The molecule has 0 N–H and O–H groups in total. The van der Waals surface area contributed by atoms with Gasteiger partial charge in [0.05, 0.1) is 7.18 Å². The fourth-order valence-electron chi connectivity index (χ4n) is 5.40. The summed E-state index contributed by atoms with van der Waals surface area (Å²) in [4.78, 5) is 0. The average molecular weight is 581 g/mol. The molecule has 1 unspecified atom stereocenters. The average Bonchev–Trinajstić information content (AvgIpc) is 3.09. The van der Waals surface area contributed by atoms with Crippen molar-refractivity contribution in [1.82, 2.24) is 0 Å². The van der Waals surface area contributed by atoms with E-state index in [1.165, 1.54) is 50.9 Å². The lowest BCUT2D eigenvalue weighted by atomic mass is 9.83. The van der Waals surface area contributed by atoms with Crippen LogP contribution < -0.4 is 0 Å². The van der Waals surface area contributed by atoms with Gasteiger partial charge >= 0.3 is 0 Å². The highest BCUT2D eigenvalue weighted by Crippen LogP contribution is 2.36. The molecule has 0 aliphatic carbocycles. The number of rotatable bonds is 9. The van der Waals surface area contributed by atoms with Crippen molar-refractivity contribution >= 4 is 0 Å². The molecule has 1 atom stereocenters. The minimum absolute atomic E-state index is 0.148. The molecule has 0 bridgehead atoms. The molecule has 5 rings (SSSR count). The minimum Gasteiger partial charge on any atom is -0.255 e. The fraction of sp³-hybridized carbons (Fsp3) is 0.163. The third-order valence-corrected chi connectivity index (χ3v) is 7.22. The van der Waals surface area contributed by atoms with Crippen molar-refractivity contribution in [2.45, 2.75) is 39.0 Å². The number of benzene rings is 5. The van der Waals surface area contributed by atoms with E-state index in [1.807, 2.05) is 6.08 Å². The van der Waals surface area contributed by atoms with Gasteiger partial charge in [0.15, 0.2) is 0 Å². The molecule has 5 aromatic carbocycles. The second-order valence-electron chi connectivity index (χ2n) is 10.5. The van der Waals surface area contributed by atoms with E-state index in [-0.39, 0.29) is 11.8 Å². The van der Waals surface area contributed by atoms with Crippen LogP contribution in [0.3, 0.4) is 0 Å². The third kappa shape index (κ3) is 9.12. The minimum atomic E-state index is 0.148. The first-order valence-corrected chi connectivity index (χ1v) is 15.4. The first kappa shape index (κ1) is 33.7. The molecular weight excluding hydrogens is 535 g/mol. The quantitative estimate of drug-likeness (QED) is 0.120. The highest BCUT2D eigenvalue weighted by molar-refractivity contribution is 5.65. The van der Waals surface area contributed by atoms with Gasteiger partial charge in [0, 0.05) is 11.8 Å². The fourth-order valence-corrected chi connectivity index (χ4v) is 5.40. The predicted octanol–water partition coefficient (Wildman–Crippen LogP) is 12.4. The van der Waals surface area contributed by atoms with Crippen LogP contribution in [0.15, 0.2) is 176 Å². The van der Waals surface area contributed by atoms with Crippen LogP contribution in [-0.4, -0.2) is 7.18 Å². The van der Waals surface area contributed by atoms with E-state index >= 15 is 0 Å². The SMILES string of the molecule is C=C/C=C(\C=C/C)C(c1ccccc1)c1ccc(-c2ccc(C(c3ccccc3)c3ccccc3)cc2)cc1.CCC.CF. The first-order valence-electron chi connectivity index (χ1n) is 15.4. The van der Waals surface area contributed by atoms with Crippen LogP contribution >= 0.6 is 0 Å². The van der Waals surface area contributed by atoms with Gasteiger partial charge in [-0.25, -0.2) is 0 Å². The number of allylic oxidation sites excluding steroid dienone is 5. The van der Waals surface area contributed by atoms with Gasteiger partial charge in [0.25, 0.3) is 0 Å². The zero-order valence-electron chi connectivity index (χ0n) is 26.5. The van der Waals surface area contributed by atoms with Gasteiger partial charge in [-0.15, -0.1) is 0 Å². The van der Waals surface area contributed by atoms with Crippen molar-refractivity contribution in [2.75, 3.05) is 7.18 Å².